The van der Waals surface area contributed by atoms with Crippen LogP contribution in [0, 0.1) is 0 Å². The van der Waals surface area contributed by atoms with Gasteiger partial charge >= 0.3 is 0 Å². The average molecular weight is 448 g/mol. The van der Waals surface area contributed by atoms with Crippen LogP contribution < -0.4 is 20.1 Å². The van der Waals surface area contributed by atoms with Gasteiger partial charge in [0.25, 0.3) is 5.91 Å². The molecular formula is C23H21N5O3S. The van der Waals surface area contributed by atoms with Gasteiger partial charge in [-0.1, -0.05) is 6.07 Å². The molecule has 0 saturated heterocycles. The van der Waals surface area contributed by atoms with E-state index in [1.807, 2.05) is 49.4 Å². The number of aromatic nitrogens is 3. The van der Waals surface area contributed by atoms with E-state index in [1.165, 1.54) is 0 Å². The van der Waals surface area contributed by atoms with Crippen LogP contribution in [-0.2, 0) is 0 Å². The lowest BCUT2D eigenvalue weighted by molar-refractivity contribution is 0.0977. The third-order valence-corrected chi connectivity index (χ3v) is 4.78. The molecule has 0 spiro atoms. The number of anilines is 1. The van der Waals surface area contributed by atoms with Crippen molar-refractivity contribution in [1.29, 1.82) is 0 Å². The summed E-state index contributed by atoms with van der Waals surface area (Å²) in [5, 5.41) is 14.9. The van der Waals surface area contributed by atoms with E-state index < -0.39 is 0 Å². The molecule has 0 aliphatic carbocycles. The summed E-state index contributed by atoms with van der Waals surface area (Å²) in [4.78, 5) is 14.0. The van der Waals surface area contributed by atoms with Crippen molar-refractivity contribution in [3.63, 3.8) is 0 Å². The Morgan fingerprint density at radius 2 is 1.78 bits per heavy atom. The van der Waals surface area contributed by atoms with Gasteiger partial charge in [0, 0.05) is 11.3 Å². The van der Waals surface area contributed by atoms with E-state index >= 15 is 0 Å². The van der Waals surface area contributed by atoms with Crippen LogP contribution in [-0.4, -0.2) is 39.7 Å². The maximum atomic E-state index is 12.4. The number of hydrogen-bond donors (Lipinski definition) is 2. The molecule has 0 fully saturated rings. The summed E-state index contributed by atoms with van der Waals surface area (Å²) < 4.78 is 10.6. The molecular weight excluding hydrogens is 426 g/mol. The van der Waals surface area contributed by atoms with Crippen LogP contribution >= 0.6 is 12.2 Å². The third kappa shape index (κ3) is 4.84. The first-order chi connectivity index (χ1) is 15.6. The number of nitrogens with zero attached hydrogens (tertiary/aromatic N) is 3. The van der Waals surface area contributed by atoms with E-state index in [4.69, 9.17) is 21.7 Å². The minimum atomic E-state index is -0.330. The summed E-state index contributed by atoms with van der Waals surface area (Å²) in [5.74, 6) is 1.06. The van der Waals surface area contributed by atoms with Crippen molar-refractivity contribution in [2.24, 2.45) is 0 Å². The molecule has 0 unspecified atom stereocenters. The SMILES string of the molecule is CCOc1ccc(-n2nc3ccc(NC(=S)NC(=O)c4cccc(OC)c4)cc3n2)cc1. The molecule has 8 nitrogen and oxygen atoms in total. The minimum Gasteiger partial charge on any atom is -0.497 e. The molecule has 4 aromatic rings. The van der Waals surface area contributed by atoms with Gasteiger partial charge < -0.3 is 14.8 Å². The molecule has 0 radical (unpaired) electrons. The first-order valence-electron chi connectivity index (χ1n) is 9.92. The highest BCUT2D eigenvalue weighted by atomic mass is 32.1. The Morgan fingerprint density at radius 3 is 2.53 bits per heavy atom. The molecule has 4 rings (SSSR count). The second-order valence-corrected chi connectivity index (χ2v) is 7.17. The summed E-state index contributed by atoms with van der Waals surface area (Å²) in [7, 11) is 1.55. The number of hydrogen-bond acceptors (Lipinski definition) is 6. The Kier molecular flexibility index (Phi) is 6.27. The van der Waals surface area contributed by atoms with Crippen molar-refractivity contribution in [2.75, 3.05) is 19.0 Å². The molecule has 1 aromatic heterocycles. The van der Waals surface area contributed by atoms with Crippen LogP contribution in [0.1, 0.15) is 17.3 Å². The normalized spacial score (nSPS) is 10.6. The van der Waals surface area contributed by atoms with Gasteiger partial charge in [-0.15, -0.1) is 10.2 Å². The van der Waals surface area contributed by atoms with Gasteiger partial charge in [0.2, 0.25) is 0 Å². The highest BCUT2D eigenvalue weighted by molar-refractivity contribution is 7.80. The fraction of sp³-hybridized carbons (Fsp3) is 0.130. The van der Waals surface area contributed by atoms with Crippen molar-refractivity contribution in [3.05, 3.63) is 72.3 Å². The predicted octanol–water partition coefficient (Wildman–Crippen LogP) is 3.95. The Labute approximate surface area is 190 Å². The van der Waals surface area contributed by atoms with E-state index in [9.17, 15) is 4.79 Å². The van der Waals surface area contributed by atoms with Gasteiger partial charge in [-0.3, -0.25) is 10.1 Å². The standard InChI is InChI=1S/C23H21N5O3S/c1-3-31-18-10-8-17(9-11-18)28-26-20-12-7-16(14-21(20)27-28)24-23(32)25-22(29)15-5-4-6-19(13-15)30-2/h4-14H,3H2,1-2H3,(H2,24,25,29,32). The largest absolute Gasteiger partial charge is 0.497 e. The van der Waals surface area contributed by atoms with Gasteiger partial charge in [-0.25, -0.2) is 0 Å². The molecule has 0 saturated carbocycles. The number of methoxy groups -OCH3 is 1. The van der Waals surface area contributed by atoms with Gasteiger partial charge in [0.15, 0.2) is 5.11 Å². The van der Waals surface area contributed by atoms with Gasteiger partial charge in [0.05, 0.1) is 19.4 Å². The van der Waals surface area contributed by atoms with Crippen molar-refractivity contribution >= 4 is 40.0 Å². The first kappa shape index (κ1) is 21.3. The number of fused-ring (bicyclic) bond motifs is 1. The smallest absolute Gasteiger partial charge is 0.257 e. The summed E-state index contributed by atoms with van der Waals surface area (Å²) >= 11 is 5.28. The predicted molar refractivity (Wildman–Crippen MR) is 127 cm³/mol. The maximum Gasteiger partial charge on any atom is 0.257 e. The fourth-order valence-electron chi connectivity index (χ4n) is 3.05. The molecule has 3 aromatic carbocycles. The molecule has 0 aliphatic heterocycles. The molecule has 0 atom stereocenters. The highest BCUT2D eigenvalue weighted by Gasteiger charge is 2.10. The van der Waals surface area contributed by atoms with E-state index in [0.29, 0.717) is 29.1 Å². The lowest BCUT2D eigenvalue weighted by Crippen LogP contribution is -2.34. The summed E-state index contributed by atoms with van der Waals surface area (Å²) in [6.07, 6.45) is 0. The topological polar surface area (TPSA) is 90.3 Å². The fourth-order valence-corrected chi connectivity index (χ4v) is 3.26. The van der Waals surface area contributed by atoms with E-state index in [0.717, 1.165) is 17.0 Å². The Bertz CT molecular complexity index is 1270. The minimum absolute atomic E-state index is 0.177. The van der Waals surface area contributed by atoms with E-state index in [-0.39, 0.29) is 11.0 Å². The van der Waals surface area contributed by atoms with Gasteiger partial charge in [-0.2, -0.15) is 4.80 Å². The number of carbonyl (C=O) groups excluding carboxylic acids is 1. The zero-order valence-corrected chi connectivity index (χ0v) is 18.3. The van der Waals surface area contributed by atoms with Crippen molar-refractivity contribution in [3.8, 4) is 17.2 Å². The summed E-state index contributed by atoms with van der Waals surface area (Å²) in [6.45, 7) is 2.55. The number of nitrogens with one attached hydrogen (secondary N) is 2. The number of amides is 1. The molecule has 1 heterocycles. The lowest BCUT2D eigenvalue weighted by atomic mass is 10.2. The number of benzene rings is 3. The Hall–Kier alpha value is -3.98. The average Bonchev–Trinajstić information content (AvgIpc) is 3.23. The summed E-state index contributed by atoms with van der Waals surface area (Å²) in [6, 6.07) is 19.9. The number of ether oxygens (including phenoxy) is 2. The number of carbonyl (C=O) groups is 1. The lowest BCUT2D eigenvalue weighted by Gasteiger charge is -2.10. The highest BCUT2D eigenvalue weighted by Crippen LogP contribution is 2.19. The van der Waals surface area contributed by atoms with Crippen LogP contribution in [0.4, 0.5) is 5.69 Å². The van der Waals surface area contributed by atoms with Crippen molar-refractivity contribution < 1.29 is 14.3 Å². The monoisotopic (exact) mass is 447 g/mol. The molecule has 2 N–H and O–H groups in total. The maximum absolute atomic E-state index is 12.4. The Morgan fingerprint density at radius 1 is 1.00 bits per heavy atom. The van der Waals surface area contributed by atoms with Crippen LogP contribution in [0.15, 0.2) is 66.7 Å². The molecule has 32 heavy (non-hydrogen) atoms. The molecule has 162 valence electrons. The van der Waals surface area contributed by atoms with Crippen molar-refractivity contribution in [2.45, 2.75) is 6.92 Å². The number of rotatable bonds is 6. The molecule has 1 amide bonds. The van der Waals surface area contributed by atoms with Crippen LogP contribution in [0.25, 0.3) is 16.7 Å². The second kappa shape index (κ2) is 9.44. The summed E-state index contributed by atoms with van der Waals surface area (Å²) in [5.41, 5.74) is 3.37. The van der Waals surface area contributed by atoms with Gasteiger partial charge in [-0.05, 0) is 79.8 Å². The van der Waals surface area contributed by atoms with Crippen LogP contribution in [0.2, 0.25) is 0 Å². The molecule has 9 heteroatoms. The zero-order chi connectivity index (χ0) is 22.5. The second-order valence-electron chi connectivity index (χ2n) is 6.76. The zero-order valence-electron chi connectivity index (χ0n) is 17.5. The van der Waals surface area contributed by atoms with E-state index in [2.05, 4.69) is 20.8 Å². The quantitative estimate of drug-likeness (QED) is 0.433. The molecule has 0 bridgehead atoms. The number of thiocarbonyl (C=S) groups is 1. The van der Waals surface area contributed by atoms with Gasteiger partial charge in [0.1, 0.15) is 22.5 Å². The first-order valence-corrected chi connectivity index (χ1v) is 10.3. The Balaban J connectivity index is 1.45. The van der Waals surface area contributed by atoms with Crippen LogP contribution in [0.3, 0.4) is 0 Å². The van der Waals surface area contributed by atoms with Crippen LogP contribution in [0.5, 0.6) is 11.5 Å². The van der Waals surface area contributed by atoms with Crippen molar-refractivity contribution in [1.82, 2.24) is 20.3 Å². The third-order valence-electron chi connectivity index (χ3n) is 4.58. The van der Waals surface area contributed by atoms with E-state index in [1.54, 1.807) is 36.2 Å². The molecule has 0 aliphatic rings.